The number of halogens is 3. The Hall–Kier alpha value is -3.11. The first kappa shape index (κ1) is 24.0. The van der Waals surface area contributed by atoms with Crippen LogP contribution in [0.4, 0.5) is 13.2 Å². The zero-order valence-electron chi connectivity index (χ0n) is 18.8. The predicted octanol–water partition coefficient (Wildman–Crippen LogP) is 5.34. The minimum Gasteiger partial charge on any atom is -0.406 e. The lowest BCUT2D eigenvalue weighted by molar-refractivity contribution is -0.274. The van der Waals surface area contributed by atoms with Crippen LogP contribution in [0.3, 0.4) is 0 Å². The minimum atomic E-state index is -4.76. The SMILES string of the molecule is Cc1ccc(C[C@H]2CONC(c3nc(C)ncc3Sc3cccc(OC(F)(F)F)c3)=N2)c(C)c1. The lowest BCUT2D eigenvalue weighted by Gasteiger charge is -2.23. The molecule has 0 radical (unpaired) electrons. The van der Waals surface area contributed by atoms with Crippen molar-refractivity contribution in [2.24, 2.45) is 4.99 Å². The molecule has 34 heavy (non-hydrogen) atoms. The minimum absolute atomic E-state index is 0.116. The standard InChI is InChI=1S/C24H23F3N4O2S/c1-14-7-8-17(15(2)9-14)10-18-13-32-31-23(30-18)22-21(12-28-16(3)29-22)34-20-6-4-5-19(11-20)33-24(25,26)27/h4-9,11-12,18H,10,13H2,1-3H3,(H,30,31)/t18-/m0/s1. The van der Waals surface area contributed by atoms with Crippen molar-refractivity contribution in [2.75, 3.05) is 6.61 Å². The molecule has 0 saturated carbocycles. The van der Waals surface area contributed by atoms with E-state index in [1.165, 1.54) is 46.7 Å². The molecular formula is C24H23F3N4O2S. The number of aryl methyl sites for hydroxylation is 3. The van der Waals surface area contributed by atoms with Crippen molar-refractivity contribution >= 4 is 17.6 Å². The molecule has 10 heteroatoms. The van der Waals surface area contributed by atoms with Gasteiger partial charge in [0.25, 0.3) is 0 Å². The summed E-state index contributed by atoms with van der Waals surface area (Å²) in [5.41, 5.74) is 6.96. The molecule has 0 unspecified atom stereocenters. The zero-order chi connectivity index (χ0) is 24.3. The summed E-state index contributed by atoms with van der Waals surface area (Å²) in [4.78, 5) is 20.4. The van der Waals surface area contributed by atoms with E-state index in [4.69, 9.17) is 9.83 Å². The summed E-state index contributed by atoms with van der Waals surface area (Å²) in [7, 11) is 0. The number of amidine groups is 1. The van der Waals surface area contributed by atoms with Crippen LogP contribution in [-0.2, 0) is 11.3 Å². The third-order valence-electron chi connectivity index (χ3n) is 5.08. The molecule has 6 nitrogen and oxygen atoms in total. The average molecular weight is 489 g/mol. The van der Waals surface area contributed by atoms with E-state index < -0.39 is 6.36 Å². The number of hydroxylamine groups is 1. The number of aliphatic imine (C=N–C) groups is 1. The van der Waals surface area contributed by atoms with Gasteiger partial charge in [-0.05, 0) is 56.5 Å². The number of benzene rings is 2. The third-order valence-corrected chi connectivity index (χ3v) is 6.09. The van der Waals surface area contributed by atoms with Gasteiger partial charge >= 0.3 is 6.36 Å². The first-order chi connectivity index (χ1) is 16.2. The van der Waals surface area contributed by atoms with Crippen LogP contribution in [-0.4, -0.2) is 34.8 Å². The normalized spacial score (nSPS) is 16.1. The Balaban J connectivity index is 1.60. The second kappa shape index (κ2) is 10.0. The van der Waals surface area contributed by atoms with Gasteiger partial charge in [0.05, 0.1) is 17.5 Å². The fourth-order valence-corrected chi connectivity index (χ4v) is 4.48. The Morgan fingerprint density at radius 2 is 1.97 bits per heavy atom. The molecule has 0 spiro atoms. The zero-order valence-corrected chi connectivity index (χ0v) is 19.6. The highest BCUT2D eigenvalue weighted by Crippen LogP contribution is 2.33. The monoisotopic (exact) mass is 488 g/mol. The Morgan fingerprint density at radius 1 is 1.15 bits per heavy atom. The summed E-state index contributed by atoms with van der Waals surface area (Å²) in [5, 5.41) is 0. The Bertz CT molecular complexity index is 1220. The van der Waals surface area contributed by atoms with Crippen molar-refractivity contribution < 1.29 is 22.7 Å². The predicted molar refractivity (Wildman–Crippen MR) is 123 cm³/mol. The number of rotatable bonds is 6. The molecule has 178 valence electrons. The summed E-state index contributed by atoms with van der Waals surface area (Å²) >= 11 is 1.22. The van der Waals surface area contributed by atoms with Crippen LogP contribution < -0.4 is 10.2 Å². The highest BCUT2D eigenvalue weighted by molar-refractivity contribution is 7.99. The molecule has 0 bridgehead atoms. The lowest BCUT2D eigenvalue weighted by Crippen LogP contribution is -2.37. The summed E-state index contributed by atoms with van der Waals surface area (Å²) in [5.74, 6) is 0.697. The van der Waals surface area contributed by atoms with Crippen LogP contribution in [0.2, 0.25) is 0 Å². The van der Waals surface area contributed by atoms with E-state index >= 15 is 0 Å². The quantitative estimate of drug-likeness (QED) is 0.505. The highest BCUT2D eigenvalue weighted by Gasteiger charge is 2.31. The largest absolute Gasteiger partial charge is 0.573 e. The number of hydrogen-bond donors (Lipinski definition) is 1. The van der Waals surface area contributed by atoms with Gasteiger partial charge in [-0.25, -0.2) is 15.4 Å². The van der Waals surface area contributed by atoms with Crippen molar-refractivity contribution in [2.45, 2.75) is 49.4 Å². The van der Waals surface area contributed by atoms with Crippen molar-refractivity contribution in [3.8, 4) is 5.75 Å². The van der Waals surface area contributed by atoms with Crippen LogP contribution in [0, 0.1) is 20.8 Å². The van der Waals surface area contributed by atoms with Gasteiger partial charge in [0.15, 0.2) is 5.84 Å². The van der Waals surface area contributed by atoms with Gasteiger partial charge in [0, 0.05) is 11.1 Å². The summed E-state index contributed by atoms with van der Waals surface area (Å²) < 4.78 is 41.8. The molecule has 0 fully saturated rings. The van der Waals surface area contributed by atoms with Gasteiger partial charge < -0.3 is 4.74 Å². The van der Waals surface area contributed by atoms with Crippen molar-refractivity contribution in [3.05, 3.63) is 76.9 Å². The lowest BCUT2D eigenvalue weighted by atomic mass is 9.99. The molecule has 2 heterocycles. The molecule has 1 N–H and O–H groups in total. The molecule has 4 rings (SSSR count). The molecule has 2 aromatic carbocycles. The number of alkyl halides is 3. The number of aromatic nitrogens is 2. The average Bonchev–Trinajstić information content (AvgIpc) is 2.76. The number of nitrogens with one attached hydrogen (secondary N) is 1. The Labute approximate surface area is 199 Å². The van der Waals surface area contributed by atoms with Crippen molar-refractivity contribution in [1.82, 2.24) is 15.4 Å². The number of ether oxygens (including phenoxy) is 1. The maximum Gasteiger partial charge on any atom is 0.573 e. The van der Waals surface area contributed by atoms with Gasteiger partial charge in [0.2, 0.25) is 0 Å². The molecule has 1 aliphatic rings. The van der Waals surface area contributed by atoms with Gasteiger partial charge in [-0.3, -0.25) is 9.83 Å². The van der Waals surface area contributed by atoms with Crippen molar-refractivity contribution in [3.63, 3.8) is 0 Å². The van der Waals surface area contributed by atoms with E-state index in [0.717, 1.165) is 0 Å². The van der Waals surface area contributed by atoms with E-state index in [0.29, 0.717) is 40.2 Å². The van der Waals surface area contributed by atoms with Gasteiger partial charge in [-0.1, -0.05) is 41.6 Å². The summed E-state index contributed by atoms with van der Waals surface area (Å²) in [6.07, 6.45) is -2.43. The molecule has 3 aromatic rings. The molecule has 0 aliphatic carbocycles. The topological polar surface area (TPSA) is 68.6 Å². The van der Waals surface area contributed by atoms with E-state index in [9.17, 15) is 13.2 Å². The Morgan fingerprint density at radius 3 is 2.74 bits per heavy atom. The summed E-state index contributed by atoms with van der Waals surface area (Å²) in [6, 6.07) is 12.0. The molecule has 0 amide bonds. The smallest absolute Gasteiger partial charge is 0.406 e. The number of nitrogens with zero attached hydrogens (tertiary/aromatic N) is 3. The molecule has 0 saturated heterocycles. The molecule has 1 aliphatic heterocycles. The maximum absolute atomic E-state index is 12.6. The molecule has 1 atom stereocenters. The van der Waals surface area contributed by atoms with Crippen LogP contribution in [0.15, 0.2) is 63.4 Å². The third kappa shape index (κ3) is 6.27. The first-order valence-corrected chi connectivity index (χ1v) is 11.4. The summed E-state index contributed by atoms with van der Waals surface area (Å²) in [6.45, 7) is 6.30. The van der Waals surface area contributed by atoms with E-state index in [1.807, 2.05) is 0 Å². The van der Waals surface area contributed by atoms with Crippen LogP contribution in [0.1, 0.15) is 28.2 Å². The fourth-order valence-electron chi connectivity index (χ4n) is 3.56. The van der Waals surface area contributed by atoms with E-state index in [-0.39, 0.29) is 11.8 Å². The van der Waals surface area contributed by atoms with Crippen LogP contribution >= 0.6 is 11.8 Å². The van der Waals surface area contributed by atoms with Gasteiger partial charge in [0.1, 0.15) is 17.3 Å². The molecular weight excluding hydrogens is 465 g/mol. The van der Waals surface area contributed by atoms with Gasteiger partial charge in [-0.2, -0.15) is 0 Å². The highest BCUT2D eigenvalue weighted by atomic mass is 32.2. The van der Waals surface area contributed by atoms with Gasteiger partial charge in [-0.15, -0.1) is 13.2 Å². The first-order valence-electron chi connectivity index (χ1n) is 10.6. The van der Waals surface area contributed by atoms with Crippen molar-refractivity contribution in [1.29, 1.82) is 0 Å². The van der Waals surface area contributed by atoms with E-state index in [2.05, 4.69) is 52.2 Å². The van der Waals surface area contributed by atoms with Crippen LogP contribution in [0.25, 0.3) is 0 Å². The second-order valence-corrected chi connectivity index (χ2v) is 9.05. The number of hydrogen-bond acceptors (Lipinski definition) is 7. The maximum atomic E-state index is 12.6. The van der Waals surface area contributed by atoms with Crippen LogP contribution in [0.5, 0.6) is 5.75 Å². The fraction of sp³-hybridized carbons (Fsp3) is 0.292. The van der Waals surface area contributed by atoms with E-state index in [1.54, 1.807) is 19.2 Å². The second-order valence-electron chi connectivity index (χ2n) is 7.93. The molecule has 1 aromatic heterocycles. The Kier molecular flexibility index (Phi) is 7.08.